The van der Waals surface area contributed by atoms with Crippen LogP contribution in [0.1, 0.15) is 65.9 Å². The number of benzene rings is 6. The molecule has 0 saturated heterocycles. The summed E-state index contributed by atoms with van der Waals surface area (Å²) in [5.41, 5.74) is 13.7. The maximum Gasteiger partial charge on any atom is 0.135 e. The Kier molecular flexibility index (Phi) is 9.94. The second-order valence-electron chi connectivity index (χ2n) is 15.0. The van der Waals surface area contributed by atoms with Gasteiger partial charge in [-0.2, -0.15) is 0 Å². The second kappa shape index (κ2) is 16.4. The molecule has 10 rings (SSSR count). The zero-order chi connectivity index (χ0) is 41.5. The summed E-state index contributed by atoms with van der Waals surface area (Å²) in [5.74, 6) is 1.69. The molecule has 6 heteroatoms. The van der Waals surface area contributed by atoms with E-state index in [1.807, 2.05) is 36.4 Å². The Balaban J connectivity index is 0.000000255. The number of furan rings is 2. The molecule has 1 radical (unpaired) electrons. The zero-order valence-electron chi connectivity index (χ0n) is 35.7. The maximum atomic E-state index is 7.23. The van der Waals surface area contributed by atoms with Crippen molar-refractivity contribution in [3.8, 4) is 33.8 Å². The van der Waals surface area contributed by atoms with Gasteiger partial charge in [0.2, 0.25) is 0 Å². The van der Waals surface area contributed by atoms with Crippen molar-refractivity contribution in [1.82, 2.24) is 14.5 Å². The van der Waals surface area contributed by atoms with E-state index in [0.29, 0.717) is 11.8 Å². The Morgan fingerprint density at radius 3 is 2.12 bits per heavy atom. The Labute approximate surface area is 357 Å². The van der Waals surface area contributed by atoms with E-state index < -0.39 is 6.85 Å². The van der Waals surface area contributed by atoms with E-state index in [4.69, 9.17) is 17.9 Å². The van der Waals surface area contributed by atoms with Crippen molar-refractivity contribution in [1.29, 1.82) is 0 Å². The van der Waals surface area contributed by atoms with Crippen molar-refractivity contribution >= 4 is 43.9 Å². The summed E-state index contributed by atoms with van der Waals surface area (Å²) in [4.78, 5) is 9.30. The molecule has 0 spiro atoms. The summed E-state index contributed by atoms with van der Waals surface area (Å²) in [6.45, 7) is 7.74. The van der Waals surface area contributed by atoms with Gasteiger partial charge in [0.05, 0.1) is 16.9 Å². The quantitative estimate of drug-likeness (QED) is 0.149. The van der Waals surface area contributed by atoms with Crippen LogP contribution in [-0.4, -0.2) is 14.5 Å². The molecular weight excluding hydrogens is 891 g/mol. The smallest absolute Gasteiger partial charge is 0.135 e. The summed E-state index contributed by atoms with van der Waals surface area (Å²) in [6.07, 6.45) is 4.64. The fourth-order valence-corrected chi connectivity index (χ4v) is 7.80. The number of hydrogen-bond acceptors (Lipinski definition) is 4. The first kappa shape index (κ1) is 35.1. The standard InChI is InChI=1S/C40H33N2O2.C12H10N.Ir/c1-24(2)28-11-9-12-29(25(3)4)33(28)22-42-36-14-7-6-13-35(36)41-40(42)34-23-43-37-18-16-26(21-32(34)37)27-17-19-39-31(20-27)30-10-5-8-15-38(30)44-39;1-10-7-8-12(13-9-10)11-5-3-2-4-6-11;/h5-21,24-25H,22H2,1-4H3;2-5,7-9H,1H3;/q2*-1;/i;1D3;. The molecule has 6 aromatic carbocycles. The zero-order valence-corrected chi connectivity index (χ0v) is 35.1. The van der Waals surface area contributed by atoms with Crippen LogP contribution >= 0.6 is 0 Å². The van der Waals surface area contributed by atoms with E-state index in [0.717, 1.165) is 84.3 Å². The van der Waals surface area contributed by atoms with E-state index in [-0.39, 0.29) is 25.7 Å². The molecule has 0 aliphatic carbocycles. The molecule has 58 heavy (non-hydrogen) atoms. The predicted octanol–water partition coefficient (Wildman–Crippen LogP) is 14.0. The van der Waals surface area contributed by atoms with Gasteiger partial charge in [0.15, 0.2) is 0 Å². The van der Waals surface area contributed by atoms with Gasteiger partial charge in [-0.1, -0.05) is 124 Å². The van der Waals surface area contributed by atoms with Gasteiger partial charge in [0.25, 0.3) is 0 Å². The first-order chi connectivity index (χ1) is 29.0. The minimum absolute atomic E-state index is 0. The SMILES string of the molecule is CC(C)c1cccc(C(C)C)c1Cn1c(-c2[c-]oc3ccc(-c4ccc5oc6ccccc6c5c4)cc23)nc2ccccc21.[2H]C([2H])([2H])c1ccc(-c2[c-]cccc2)nc1.[Ir]. The van der Waals surface area contributed by atoms with Crippen LogP contribution in [0.4, 0.5) is 0 Å². The van der Waals surface area contributed by atoms with E-state index in [1.165, 1.54) is 22.9 Å². The number of fused-ring (bicyclic) bond motifs is 5. The van der Waals surface area contributed by atoms with Crippen molar-refractivity contribution in [2.24, 2.45) is 0 Å². The average molecular weight is 937 g/mol. The molecule has 0 aliphatic heterocycles. The normalized spacial score (nSPS) is 12.4. The molecule has 10 aromatic rings. The predicted molar refractivity (Wildman–Crippen MR) is 233 cm³/mol. The number of nitrogens with zero attached hydrogens (tertiary/aromatic N) is 3. The van der Waals surface area contributed by atoms with Gasteiger partial charge >= 0.3 is 0 Å². The molecule has 289 valence electrons. The molecule has 0 atom stereocenters. The Morgan fingerprint density at radius 1 is 0.690 bits per heavy atom. The van der Waals surface area contributed by atoms with Gasteiger partial charge in [-0.15, -0.1) is 35.9 Å². The maximum absolute atomic E-state index is 7.23. The number of aromatic nitrogens is 3. The van der Waals surface area contributed by atoms with Crippen molar-refractivity contribution in [2.45, 2.75) is 52.9 Å². The number of imidazole rings is 1. The van der Waals surface area contributed by atoms with Crippen molar-refractivity contribution in [2.75, 3.05) is 0 Å². The Hall–Kier alpha value is -6.07. The van der Waals surface area contributed by atoms with Crippen molar-refractivity contribution < 1.29 is 33.1 Å². The van der Waals surface area contributed by atoms with Gasteiger partial charge in [0.1, 0.15) is 11.2 Å². The van der Waals surface area contributed by atoms with Crippen LogP contribution in [0.5, 0.6) is 0 Å². The van der Waals surface area contributed by atoms with Crippen molar-refractivity contribution in [3.63, 3.8) is 0 Å². The molecule has 0 bridgehead atoms. The monoisotopic (exact) mass is 937 g/mol. The van der Waals surface area contributed by atoms with E-state index in [9.17, 15) is 0 Å². The van der Waals surface area contributed by atoms with Gasteiger partial charge in [0, 0.05) is 59.6 Å². The molecule has 0 aliphatic rings. The third kappa shape index (κ3) is 7.42. The molecule has 0 amide bonds. The van der Waals surface area contributed by atoms with E-state index >= 15 is 0 Å². The molecule has 4 heterocycles. The molecule has 0 unspecified atom stereocenters. The number of para-hydroxylation sites is 3. The number of hydrogen-bond donors (Lipinski definition) is 0. The van der Waals surface area contributed by atoms with Crippen LogP contribution in [0.25, 0.3) is 77.7 Å². The summed E-state index contributed by atoms with van der Waals surface area (Å²) < 4.78 is 36.2. The third-order valence-corrected chi connectivity index (χ3v) is 10.7. The summed E-state index contributed by atoms with van der Waals surface area (Å²) >= 11 is 0. The van der Waals surface area contributed by atoms with Gasteiger partial charge in [-0.05, 0) is 88.1 Å². The van der Waals surface area contributed by atoms with Crippen LogP contribution in [0.2, 0.25) is 0 Å². The molecule has 4 aromatic heterocycles. The fraction of sp³-hybridized carbons (Fsp3) is 0.154. The molecule has 5 nitrogen and oxygen atoms in total. The van der Waals surface area contributed by atoms with Gasteiger partial charge in [-0.25, -0.2) is 0 Å². The molecule has 0 fully saturated rings. The Bertz CT molecular complexity index is 3100. The first-order valence-corrected chi connectivity index (χ1v) is 19.4. The summed E-state index contributed by atoms with van der Waals surface area (Å²) in [5, 5.41) is 3.24. The van der Waals surface area contributed by atoms with Crippen LogP contribution in [0.15, 0.2) is 155 Å². The average Bonchev–Trinajstić information content (AvgIpc) is 3.96. The number of aryl methyl sites for hydroxylation is 1. The van der Waals surface area contributed by atoms with E-state index in [1.54, 1.807) is 18.2 Å². The van der Waals surface area contributed by atoms with E-state index in [2.05, 4.69) is 135 Å². The number of pyridine rings is 1. The largest absolute Gasteiger partial charge is 0.557 e. The second-order valence-corrected chi connectivity index (χ2v) is 15.0. The van der Waals surface area contributed by atoms with Crippen LogP contribution in [-0.2, 0) is 26.7 Å². The molecule has 0 saturated carbocycles. The van der Waals surface area contributed by atoms with Crippen molar-refractivity contribution in [3.05, 3.63) is 180 Å². The van der Waals surface area contributed by atoms with Gasteiger partial charge in [-0.3, -0.25) is 4.98 Å². The van der Waals surface area contributed by atoms with Crippen LogP contribution in [0, 0.1) is 19.2 Å². The van der Waals surface area contributed by atoms with Crippen LogP contribution < -0.4 is 0 Å². The summed E-state index contributed by atoms with van der Waals surface area (Å²) in [7, 11) is 0. The minimum atomic E-state index is -2.09. The Morgan fingerprint density at radius 2 is 1.40 bits per heavy atom. The fourth-order valence-electron chi connectivity index (χ4n) is 7.80. The molecular formula is C52H43IrN3O2-2. The molecule has 0 N–H and O–H groups in total. The minimum Gasteiger partial charge on any atom is -0.557 e. The first-order valence-electron chi connectivity index (χ1n) is 20.9. The third-order valence-electron chi connectivity index (χ3n) is 10.7. The van der Waals surface area contributed by atoms with Crippen LogP contribution in [0.3, 0.4) is 0 Å². The number of rotatable bonds is 7. The van der Waals surface area contributed by atoms with Gasteiger partial charge < -0.3 is 18.4 Å². The topological polar surface area (TPSA) is 57.0 Å². The summed E-state index contributed by atoms with van der Waals surface area (Å²) in [6, 6.07) is 49.9.